The molecule has 2 aliphatic carbocycles. The first-order valence-corrected chi connectivity index (χ1v) is 12.2. The number of rotatable bonds is 6. The molecule has 0 radical (unpaired) electrons. The number of ether oxygens (including phenoxy) is 4. The van der Waals surface area contributed by atoms with Gasteiger partial charge in [-0.05, 0) is 49.0 Å². The summed E-state index contributed by atoms with van der Waals surface area (Å²) in [4.78, 5) is 35.9. The van der Waals surface area contributed by atoms with Crippen molar-refractivity contribution in [2.24, 2.45) is 28.6 Å². The predicted octanol–water partition coefficient (Wildman–Crippen LogP) is 4.57. The lowest BCUT2D eigenvalue weighted by Gasteiger charge is -2.62. The Hall–Kier alpha value is -2.35. The van der Waals surface area contributed by atoms with Crippen LogP contribution in [0.15, 0.2) is 23.0 Å². The summed E-state index contributed by atoms with van der Waals surface area (Å²) in [5.74, 6) is -0.791. The van der Waals surface area contributed by atoms with E-state index in [1.165, 1.54) is 20.8 Å². The van der Waals surface area contributed by atoms with Crippen molar-refractivity contribution in [2.75, 3.05) is 6.61 Å². The second kappa shape index (κ2) is 9.36. The average Bonchev–Trinajstić information content (AvgIpc) is 3.40. The average molecular weight is 477 g/mol. The topological polar surface area (TPSA) is 101 Å². The molecule has 3 fully saturated rings. The van der Waals surface area contributed by atoms with Gasteiger partial charge in [-0.25, -0.2) is 0 Å². The molecule has 188 valence electrons. The molecule has 0 amide bonds. The molecule has 0 unspecified atom stereocenters. The van der Waals surface area contributed by atoms with E-state index in [-0.39, 0.29) is 47.2 Å². The van der Waals surface area contributed by atoms with Crippen LogP contribution in [0.25, 0.3) is 0 Å². The molecule has 0 aromatic carbocycles. The molecule has 1 spiro atoms. The Bertz CT molecular complexity index is 910. The van der Waals surface area contributed by atoms with Crippen molar-refractivity contribution in [3.63, 3.8) is 0 Å². The summed E-state index contributed by atoms with van der Waals surface area (Å²) in [6, 6.07) is 1.83. The maximum absolute atomic E-state index is 12.1. The normalized spacial score (nSPS) is 37.7. The van der Waals surface area contributed by atoms with Crippen LogP contribution in [-0.2, 0) is 33.3 Å². The quantitative estimate of drug-likeness (QED) is 0.435. The van der Waals surface area contributed by atoms with Gasteiger partial charge in [-0.1, -0.05) is 20.3 Å². The molecule has 8 heteroatoms. The lowest BCUT2D eigenvalue weighted by molar-refractivity contribution is -0.210. The van der Waals surface area contributed by atoms with Gasteiger partial charge in [0.25, 0.3) is 0 Å². The zero-order chi connectivity index (χ0) is 24.7. The number of furan rings is 1. The minimum absolute atomic E-state index is 0.0626. The molecule has 3 aliphatic rings. The van der Waals surface area contributed by atoms with E-state index in [1.807, 2.05) is 6.07 Å². The fourth-order valence-corrected chi connectivity index (χ4v) is 7.20. The van der Waals surface area contributed by atoms with Crippen LogP contribution in [0.1, 0.15) is 78.4 Å². The van der Waals surface area contributed by atoms with Gasteiger partial charge in [0.2, 0.25) is 6.29 Å². The minimum Gasteiger partial charge on any atom is -0.472 e. The summed E-state index contributed by atoms with van der Waals surface area (Å²) in [7, 11) is 0. The van der Waals surface area contributed by atoms with Crippen molar-refractivity contribution in [1.29, 1.82) is 0 Å². The number of hydrogen-bond acceptors (Lipinski definition) is 8. The highest BCUT2D eigenvalue weighted by Gasteiger charge is 2.68. The second-order valence-corrected chi connectivity index (χ2v) is 10.6. The van der Waals surface area contributed by atoms with Gasteiger partial charge in [0.15, 0.2) is 0 Å². The van der Waals surface area contributed by atoms with Gasteiger partial charge in [0.05, 0.1) is 19.1 Å². The SMILES string of the molecule is CC(=O)O[C@@H]1OC[C@@]23[C@@H](OC(C)=O)C[C@@H](C)[C@](C)(C[C@H](OC(C)=O)c4ccoc4)[C@H]2CCC[C@@H]13. The molecule has 1 aromatic rings. The predicted molar refractivity (Wildman–Crippen MR) is 120 cm³/mol. The Morgan fingerprint density at radius 1 is 1.12 bits per heavy atom. The molecular weight excluding hydrogens is 440 g/mol. The molecule has 8 nitrogen and oxygen atoms in total. The van der Waals surface area contributed by atoms with Gasteiger partial charge in [-0.15, -0.1) is 0 Å². The molecule has 4 rings (SSSR count). The second-order valence-electron chi connectivity index (χ2n) is 10.6. The van der Waals surface area contributed by atoms with Crippen molar-refractivity contribution in [3.05, 3.63) is 24.2 Å². The number of carbonyl (C=O) groups is 3. The van der Waals surface area contributed by atoms with Crippen molar-refractivity contribution in [2.45, 2.75) is 85.2 Å². The highest BCUT2D eigenvalue weighted by molar-refractivity contribution is 5.67. The van der Waals surface area contributed by atoms with Crippen LogP contribution < -0.4 is 0 Å². The molecule has 1 saturated heterocycles. The summed E-state index contributed by atoms with van der Waals surface area (Å²) >= 11 is 0. The highest BCUT2D eigenvalue weighted by atomic mass is 16.7. The molecular formula is C26H36O8. The van der Waals surface area contributed by atoms with E-state index < -0.39 is 17.8 Å². The smallest absolute Gasteiger partial charge is 0.304 e. The summed E-state index contributed by atoms with van der Waals surface area (Å²) in [6.45, 7) is 9.06. The third kappa shape index (κ3) is 4.25. The maximum Gasteiger partial charge on any atom is 0.304 e. The van der Waals surface area contributed by atoms with Gasteiger partial charge in [-0.3, -0.25) is 14.4 Å². The van der Waals surface area contributed by atoms with Crippen LogP contribution in [0.5, 0.6) is 0 Å². The Morgan fingerprint density at radius 2 is 1.85 bits per heavy atom. The first-order chi connectivity index (χ1) is 16.1. The fourth-order valence-electron chi connectivity index (χ4n) is 7.20. The zero-order valence-corrected chi connectivity index (χ0v) is 20.7. The monoisotopic (exact) mass is 476 g/mol. The summed E-state index contributed by atoms with van der Waals surface area (Å²) in [6.07, 6.45) is 5.79. The first kappa shape index (κ1) is 24.8. The maximum atomic E-state index is 12.1. The van der Waals surface area contributed by atoms with E-state index in [0.717, 1.165) is 24.8 Å². The lowest BCUT2D eigenvalue weighted by Crippen LogP contribution is -2.62. The van der Waals surface area contributed by atoms with Gasteiger partial charge in [0, 0.05) is 37.7 Å². The third-order valence-corrected chi connectivity index (χ3v) is 8.70. The lowest BCUT2D eigenvalue weighted by atomic mass is 9.43. The molecule has 0 N–H and O–H groups in total. The zero-order valence-electron chi connectivity index (χ0n) is 20.7. The number of hydrogen-bond donors (Lipinski definition) is 0. The Balaban J connectivity index is 1.74. The van der Waals surface area contributed by atoms with Gasteiger partial charge in [-0.2, -0.15) is 0 Å². The Kier molecular flexibility index (Phi) is 6.82. The van der Waals surface area contributed by atoms with Gasteiger partial charge < -0.3 is 23.4 Å². The molecule has 2 saturated carbocycles. The summed E-state index contributed by atoms with van der Waals surface area (Å²) in [5, 5.41) is 0. The molecule has 8 atom stereocenters. The van der Waals surface area contributed by atoms with Crippen molar-refractivity contribution >= 4 is 17.9 Å². The van der Waals surface area contributed by atoms with E-state index in [2.05, 4.69) is 13.8 Å². The first-order valence-electron chi connectivity index (χ1n) is 12.2. The highest BCUT2D eigenvalue weighted by Crippen LogP contribution is 2.67. The van der Waals surface area contributed by atoms with E-state index in [9.17, 15) is 14.4 Å². The van der Waals surface area contributed by atoms with Crippen LogP contribution in [0, 0.1) is 28.6 Å². The number of carbonyl (C=O) groups excluding carboxylic acids is 3. The van der Waals surface area contributed by atoms with Crippen molar-refractivity contribution < 1.29 is 37.7 Å². The molecule has 2 heterocycles. The summed E-state index contributed by atoms with van der Waals surface area (Å²) < 4.78 is 28.7. The standard InChI is InChI=1S/C26H36O8/c1-15-11-23(33-17(3)28)26-14-31-24(34-18(4)29)20(26)7-6-8-22(26)25(15,5)12-21(32-16(2)27)19-9-10-30-13-19/h9-10,13,15,20-24H,6-8,11-12,14H2,1-5H3/t15-,20+,21+,22-,23+,24+,25+,26+/m1/s1. The van der Waals surface area contributed by atoms with Gasteiger partial charge >= 0.3 is 17.9 Å². The Morgan fingerprint density at radius 3 is 2.47 bits per heavy atom. The van der Waals surface area contributed by atoms with Crippen molar-refractivity contribution in [3.8, 4) is 0 Å². The molecule has 34 heavy (non-hydrogen) atoms. The minimum atomic E-state index is -0.644. The van der Waals surface area contributed by atoms with Crippen molar-refractivity contribution in [1.82, 2.24) is 0 Å². The van der Waals surface area contributed by atoms with E-state index >= 15 is 0 Å². The number of esters is 3. The van der Waals surface area contributed by atoms with E-state index in [1.54, 1.807) is 12.5 Å². The summed E-state index contributed by atoms with van der Waals surface area (Å²) in [5.41, 5.74) is 0.108. The molecule has 0 bridgehead atoms. The van der Waals surface area contributed by atoms with Crippen LogP contribution in [-0.4, -0.2) is 36.9 Å². The Labute approximate surface area is 200 Å². The molecule has 1 aliphatic heterocycles. The van der Waals surface area contributed by atoms with E-state index in [4.69, 9.17) is 23.4 Å². The fraction of sp³-hybridized carbons (Fsp3) is 0.731. The largest absolute Gasteiger partial charge is 0.472 e. The van der Waals surface area contributed by atoms with E-state index in [0.29, 0.717) is 19.4 Å². The van der Waals surface area contributed by atoms with Gasteiger partial charge in [0.1, 0.15) is 12.2 Å². The third-order valence-electron chi connectivity index (χ3n) is 8.70. The molecule has 1 aromatic heterocycles. The van der Waals surface area contributed by atoms with Crippen LogP contribution in [0.3, 0.4) is 0 Å². The van der Waals surface area contributed by atoms with Crippen LogP contribution in [0.4, 0.5) is 0 Å². The van der Waals surface area contributed by atoms with Crippen LogP contribution >= 0.6 is 0 Å². The van der Waals surface area contributed by atoms with Crippen LogP contribution in [0.2, 0.25) is 0 Å².